The van der Waals surface area contributed by atoms with Gasteiger partial charge in [0, 0.05) is 18.1 Å². The Morgan fingerprint density at radius 1 is 1.28 bits per heavy atom. The van der Waals surface area contributed by atoms with Crippen molar-refractivity contribution in [3.63, 3.8) is 0 Å². The van der Waals surface area contributed by atoms with Gasteiger partial charge in [0.05, 0.1) is 6.61 Å². The zero-order valence-electron chi connectivity index (χ0n) is 12.5. The topological polar surface area (TPSA) is 35.5 Å². The first-order chi connectivity index (χ1) is 8.71. The van der Waals surface area contributed by atoms with E-state index in [9.17, 15) is 5.11 Å². The lowest BCUT2D eigenvalue weighted by molar-refractivity contribution is 0.170. The van der Waals surface area contributed by atoms with Crippen LogP contribution in [0.25, 0.3) is 0 Å². The highest BCUT2D eigenvalue weighted by Gasteiger charge is 2.24. The molecule has 0 aliphatic heterocycles. The fraction of sp³-hybridized carbons (Fsp3) is 1.00. The van der Waals surface area contributed by atoms with E-state index in [2.05, 4.69) is 31.0 Å². The van der Waals surface area contributed by atoms with E-state index in [1.165, 1.54) is 38.6 Å². The second-order valence-electron chi connectivity index (χ2n) is 5.76. The Hall–Kier alpha value is -0.120. The fourth-order valence-corrected chi connectivity index (χ4v) is 2.30. The van der Waals surface area contributed by atoms with E-state index < -0.39 is 0 Å². The molecule has 1 rings (SSSR count). The summed E-state index contributed by atoms with van der Waals surface area (Å²) in [7, 11) is 0. The van der Waals surface area contributed by atoms with Crippen LogP contribution >= 0.6 is 0 Å². The lowest BCUT2D eigenvalue weighted by Gasteiger charge is -2.30. The molecule has 0 spiro atoms. The molecule has 3 nitrogen and oxygen atoms in total. The molecule has 2 N–H and O–H groups in total. The Labute approximate surface area is 113 Å². The number of hydrogen-bond acceptors (Lipinski definition) is 3. The molecule has 3 heteroatoms. The number of aliphatic hydroxyl groups is 1. The van der Waals surface area contributed by atoms with Crippen molar-refractivity contribution in [3.8, 4) is 0 Å². The third-order valence-electron chi connectivity index (χ3n) is 4.05. The summed E-state index contributed by atoms with van der Waals surface area (Å²) in [6.07, 6.45) is 7.41. The third kappa shape index (κ3) is 6.17. The molecule has 2 unspecified atom stereocenters. The predicted octanol–water partition coefficient (Wildman–Crippen LogP) is 2.39. The Morgan fingerprint density at radius 2 is 2.00 bits per heavy atom. The molecule has 1 aliphatic carbocycles. The first kappa shape index (κ1) is 15.9. The highest BCUT2D eigenvalue weighted by molar-refractivity contribution is 4.85. The van der Waals surface area contributed by atoms with Gasteiger partial charge < -0.3 is 15.3 Å². The third-order valence-corrected chi connectivity index (χ3v) is 4.05. The molecular weight excluding hydrogens is 224 g/mol. The minimum absolute atomic E-state index is 0.276. The van der Waals surface area contributed by atoms with E-state index in [0.29, 0.717) is 18.1 Å². The quantitative estimate of drug-likeness (QED) is 0.596. The van der Waals surface area contributed by atoms with Gasteiger partial charge in [-0.3, -0.25) is 0 Å². The number of nitrogens with one attached hydrogen (secondary N) is 1. The van der Waals surface area contributed by atoms with Crippen LogP contribution in [0, 0.1) is 0 Å². The van der Waals surface area contributed by atoms with E-state index in [1.54, 1.807) is 0 Å². The average molecular weight is 256 g/mol. The number of nitrogens with zero attached hydrogens (tertiary/aromatic N) is 1. The van der Waals surface area contributed by atoms with Gasteiger partial charge >= 0.3 is 0 Å². The molecule has 0 amide bonds. The van der Waals surface area contributed by atoms with E-state index >= 15 is 0 Å². The zero-order valence-corrected chi connectivity index (χ0v) is 12.5. The van der Waals surface area contributed by atoms with Gasteiger partial charge in [0.15, 0.2) is 0 Å². The van der Waals surface area contributed by atoms with Gasteiger partial charge in [-0.25, -0.2) is 0 Å². The Balaban J connectivity index is 2.28. The van der Waals surface area contributed by atoms with E-state index in [4.69, 9.17) is 0 Å². The fourth-order valence-electron chi connectivity index (χ4n) is 2.30. The number of aliphatic hydroxyl groups excluding tert-OH is 1. The highest BCUT2D eigenvalue weighted by Crippen LogP contribution is 2.20. The summed E-state index contributed by atoms with van der Waals surface area (Å²) in [6, 6.07) is 1.65. The summed E-state index contributed by atoms with van der Waals surface area (Å²) in [5.41, 5.74) is 0. The van der Waals surface area contributed by atoms with Crippen LogP contribution < -0.4 is 5.32 Å². The standard InChI is InChI=1S/C15H32N2O/c1-4-6-10-17(13(3)5-2)11-9-15(12-18)16-14-7-8-14/h13-16,18H,4-12H2,1-3H3. The zero-order chi connectivity index (χ0) is 13.4. The maximum atomic E-state index is 9.41. The maximum absolute atomic E-state index is 9.41. The minimum atomic E-state index is 0.276. The summed E-state index contributed by atoms with van der Waals surface area (Å²) in [4.78, 5) is 2.58. The molecule has 18 heavy (non-hydrogen) atoms. The van der Waals surface area contributed by atoms with Crippen LogP contribution in [0.3, 0.4) is 0 Å². The smallest absolute Gasteiger partial charge is 0.0585 e. The normalized spacial score (nSPS) is 19.2. The van der Waals surface area contributed by atoms with Gasteiger partial charge in [-0.15, -0.1) is 0 Å². The van der Waals surface area contributed by atoms with Gasteiger partial charge in [0.25, 0.3) is 0 Å². The molecule has 0 aromatic rings. The van der Waals surface area contributed by atoms with Crippen LogP contribution in [0.15, 0.2) is 0 Å². The first-order valence-corrected chi connectivity index (χ1v) is 7.82. The van der Waals surface area contributed by atoms with E-state index in [-0.39, 0.29) is 6.61 Å². The summed E-state index contributed by atoms with van der Waals surface area (Å²) < 4.78 is 0. The van der Waals surface area contributed by atoms with Crippen LogP contribution in [0.2, 0.25) is 0 Å². The SMILES string of the molecule is CCCCN(CCC(CO)NC1CC1)C(C)CC. The van der Waals surface area contributed by atoms with Gasteiger partial charge in [-0.1, -0.05) is 20.3 Å². The van der Waals surface area contributed by atoms with Crippen LogP contribution in [-0.4, -0.2) is 47.8 Å². The first-order valence-electron chi connectivity index (χ1n) is 7.82. The van der Waals surface area contributed by atoms with Crippen molar-refractivity contribution < 1.29 is 5.11 Å². The molecule has 108 valence electrons. The molecule has 0 bridgehead atoms. The molecule has 1 aliphatic rings. The second-order valence-corrected chi connectivity index (χ2v) is 5.76. The molecule has 0 saturated heterocycles. The molecule has 1 fully saturated rings. The largest absolute Gasteiger partial charge is 0.395 e. The van der Waals surface area contributed by atoms with E-state index in [0.717, 1.165) is 13.0 Å². The molecular formula is C15H32N2O. The monoisotopic (exact) mass is 256 g/mol. The van der Waals surface area contributed by atoms with Crippen LogP contribution in [0.4, 0.5) is 0 Å². The van der Waals surface area contributed by atoms with E-state index in [1.807, 2.05) is 0 Å². The Morgan fingerprint density at radius 3 is 2.50 bits per heavy atom. The maximum Gasteiger partial charge on any atom is 0.0585 e. The van der Waals surface area contributed by atoms with Crippen LogP contribution in [0.5, 0.6) is 0 Å². The van der Waals surface area contributed by atoms with Crippen molar-refractivity contribution in [2.45, 2.75) is 77.4 Å². The molecule has 2 atom stereocenters. The van der Waals surface area contributed by atoms with Crippen molar-refractivity contribution in [2.75, 3.05) is 19.7 Å². The van der Waals surface area contributed by atoms with Crippen LogP contribution in [-0.2, 0) is 0 Å². The van der Waals surface area contributed by atoms with Crippen LogP contribution in [0.1, 0.15) is 59.3 Å². The Bertz CT molecular complexity index is 207. The Kier molecular flexibility index (Phi) is 7.87. The summed E-state index contributed by atoms with van der Waals surface area (Å²) in [6.45, 7) is 9.42. The molecule has 1 saturated carbocycles. The van der Waals surface area contributed by atoms with Crippen molar-refractivity contribution in [2.24, 2.45) is 0 Å². The molecule has 0 aromatic heterocycles. The summed E-state index contributed by atoms with van der Waals surface area (Å²) in [5, 5.41) is 12.9. The summed E-state index contributed by atoms with van der Waals surface area (Å²) >= 11 is 0. The van der Waals surface area contributed by atoms with Crippen molar-refractivity contribution >= 4 is 0 Å². The summed E-state index contributed by atoms with van der Waals surface area (Å²) in [5.74, 6) is 0. The second kappa shape index (κ2) is 8.89. The lowest BCUT2D eigenvalue weighted by Crippen LogP contribution is -2.40. The van der Waals surface area contributed by atoms with Gasteiger partial charge in [-0.05, 0) is 52.1 Å². The molecule has 0 heterocycles. The number of rotatable bonds is 11. The predicted molar refractivity (Wildman–Crippen MR) is 77.9 cm³/mol. The highest BCUT2D eigenvalue weighted by atomic mass is 16.3. The lowest BCUT2D eigenvalue weighted by atomic mass is 10.1. The molecule has 0 radical (unpaired) electrons. The average Bonchev–Trinajstić information content (AvgIpc) is 3.20. The minimum Gasteiger partial charge on any atom is -0.395 e. The van der Waals surface area contributed by atoms with Gasteiger partial charge in [0.1, 0.15) is 0 Å². The van der Waals surface area contributed by atoms with Gasteiger partial charge in [-0.2, -0.15) is 0 Å². The van der Waals surface area contributed by atoms with Gasteiger partial charge in [0.2, 0.25) is 0 Å². The molecule has 0 aromatic carbocycles. The number of hydrogen-bond donors (Lipinski definition) is 2. The number of unbranched alkanes of at least 4 members (excludes halogenated alkanes) is 1. The van der Waals surface area contributed by atoms with Crippen molar-refractivity contribution in [1.82, 2.24) is 10.2 Å². The van der Waals surface area contributed by atoms with Crippen molar-refractivity contribution in [1.29, 1.82) is 0 Å². The van der Waals surface area contributed by atoms with Crippen molar-refractivity contribution in [3.05, 3.63) is 0 Å².